The van der Waals surface area contributed by atoms with Gasteiger partial charge < -0.3 is 10.5 Å². The van der Waals surface area contributed by atoms with Crippen LogP contribution in [0.1, 0.15) is 265 Å². The largest absolute Gasteiger partial charge is 0.465 e. The molecule has 0 heterocycles. The number of hydrogen-bond acceptors (Lipinski definition) is 3. The van der Waals surface area contributed by atoms with Gasteiger partial charge in [-0.2, -0.15) is 0 Å². The topological polar surface area (TPSA) is 52.3 Å². The predicted octanol–water partition coefficient (Wildman–Crippen LogP) is 18.7. The van der Waals surface area contributed by atoms with E-state index in [2.05, 4.69) is 93.7 Å². The second-order valence-electron chi connectivity index (χ2n) is 17.9. The molecule has 0 rings (SSSR count). The van der Waals surface area contributed by atoms with Crippen LogP contribution in [0.2, 0.25) is 0 Å². The van der Waals surface area contributed by atoms with Crippen molar-refractivity contribution in [2.75, 3.05) is 13.2 Å². The van der Waals surface area contributed by atoms with Crippen molar-refractivity contribution in [2.45, 2.75) is 265 Å². The van der Waals surface area contributed by atoms with Gasteiger partial charge >= 0.3 is 5.97 Å². The Morgan fingerprint density at radius 3 is 0.933 bits per heavy atom. The van der Waals surface area contributed by atoms with Gasteiger partial charge in [0.1, 0.15) is 0 Å². The van der Waals surface area contributed by atoms with Gasteiger partial charge in [-0.1, -0.05) is 222 Å². The first-order valence-electron chi connectivity index (χ1n) is 26.4. The molecule has 0 fully saturated rings. The third kappa shape index (κ3) is 41.2. The molecule has 0 radical (unpaired) electrons. The fraction of sp³-hybridized carbons (Fsp3) is 0.772. The summed E-state index contributed by atoms with van der Waals surface area (Å²) in [6.45, 7) is 7.74. The molecule has 3 nitrogen and oxygen atoms in total. The van der Waals surface area contributed by atoms with Crippen LogP contribution in [0, 0.1) is 5.41 Å². The van der Waals surface area contributed by atoms with Crippen molar-refractivity contribution in [3.05, 3.63) is 72.9 Å². The third-order valence-electron chi connectivity index (χ3n) is 12.1. The van der Waals surface area contributed by atoms with E-state index in [0.29, 0.717) is 13.2 Å². The van der Waals surface area contributed by atoms with Gasteiger partial charge in [0.05, 0.1) is 12.0 Å². The summed E-state index contributed by atoms with van der Waals surface area (Å²) in [6.07, 6.45) is 74.0. The monoisotopic (exact) mass is 834 g/mol. The molecule has 0 aliphatic heterocycles. The summed E-state index contributed by atoms with van der Waals surface area (Å²) >= 11 is 0. The van der Waals surface area contributed by atoms with E-state index in [-0.39, 0.29) is 5.97 Å². The Balaban J connectivity index is 4.50. The molecule has 0 saturated heterocycles. The van der Waals surface area contributed by atoms with Crippen molar-refractivity contribution < 1.29 is 9.53 Å². The Bertz CT molecular complexity index is 1000. The maximum absolute atomic E-state index is 13.7. The van der Waals surface area contributed by atoms with E-state index >= 15 is 0 Å². The Morgan fingerprint density at radius 2 is 0.633 bits per heavy atom. The molecule has 3 heteroatoms. The average Bonchev–Trinajstić information content (AvgIpc) is 3.26. The molecule has 0 aliphatic carbocycles. The lowest BCUT2D eigenvalue weighted by Gasteiger charge is -2.30. The molecule has 0 aromatic rings. The van der Waals surface area contributed by atoms with Crippen LogP contribution in [0.15, 0.2) is 72.9 Å². The lowest BCUT2D eigenvalue weighted by atomic mass is 9.77. The van der Waals surface area contributed by atoms with Gasteiger partial charge in [-0.3, -0.25) is 4.79 Å². The summed E-state index contributed by atoms with van der Waals surface area (Å²) in [5, 5.41) is 0. The van der Waals surface area contributed by atoms with Crippen LogP contribution >= 0.6 is 0 Å². The summed E-state index contributed by atoms with van der Waals surface area (Å²) in [6, 6.07) is 0. The lowest BCUT2D eigenvalue weighted by Crippen LogP contribution is -2.40. The predicted molar refractivity (Wildman–Crippen MR) is 270 cm³/mol. The van der Waals surface area contributed by atoms with Crippen LogP contribution in [-0.4, -0.2) is 19.1 Å². The summed E-state index contributed by atoms with van der Waals surface area (Å²) in [5.74, 6) is -0.0159. The van der Waals surface area contributed by atoms with Gasteiger partial charge in [-0.05, 0) is 116 Å². The van der Waals surface area contributed by atoms with Crippen LogP contribution in [-0.2, 0) is 9.53 Å². The smallest absolute Gasteiger partial charge is 0.313 e. The molecule has 0 saturated carbocycles. The van der Waals surface area contributed by atoms with E-state index in [1.54, 1.807) is 0 Å². The molecule has 0 bridgehead atoms. The molecule has 0 aromatic carbocycles. The van der Waals surface area contributed by atoms with E-state index in [9.17, 15) is 4.79 Å². The summed E-state index contributed by atoms with van der Waals surface area (Å²) < 4.78 is 6.02. The fourth-order valence-electron chi connectivity index (χ4n) is 7.93. The van der Waals surface area contributed by atoms with Gasteiger partial charge in [0.2, 0.25) is 0 Å². The molecule has 1 atom stereocenters. The Kier molecular flexibility index (Phi) is 47.8. The summed E-state index contributed by atoms with van der Waals surface area (Å²) in [7, 11) is 0. The molecular formula is C57H103NO2. The highest BCUT2D eigenvalue weighted by Crippen LogP contribution is 2.33. The highest BCUT2D eigenvalue weighted by atomic mass is 16.5. The maximum atomic E-state index is 13.7. The Hall–Kier alpha value is -2.13. The first kappa shape index (κ1) is 57.9. The summed E-state index contributed by atoms with van der Waals surface area (Å²) in [4.78, 5) is 13.7. The molecule has 2 N–H and O–H groups in total. The van der Waals surface area contributed by atoms with Crippen molar-refractivity contribution in [2.24, 2.45) is 11.1 Å². The average molecular weight is 834 g/mol. The van der Waals surface area contributed by atoms with E-state index in [4.69, 9.17) is 10.5 Å². The van der Waals surface area contributed by atoms with Crippen molar-refractivity contribution >= 4 is 5.97 Å². The third-order valence-corrected chi connectivity index (χ3v) is 12.1. The van der Waals surface area contributed by atoms with Gasteiger partial charge in [0.25, 0.3) is 0 Å². The molecular weight excluding hydrogens is 731 g/mol. The number of nitrogens with two attached hydrogens (primary N) is 1. The minimum atomic E-state index is -0.511. The number of carbonyl (C=O) groups excluding carboxylic acids is 1. The highest BCUT2D eigenvalue weighted by molar-refractivity contribution is 5.77. The molecule has 0 amide bonds. The molecule has 1 unspecified atom stereocenters. The first-order valence-corrected chi connectivity index (χ1v) is 26.4. The lowest BCUT2D eigenvalue weighted by molar-refractivity contribution is -0.156. The zero-order valence-electron chi connectivity index (χ0n) is 40.6. The van der Waals surface area contributed by atoms with Crippen LogP contribution in [0.5, 0.6) is 0 Å². The summed E-state index contributed by atoms with van der Waals surface area (Å²) in [5.41, 5.74) is 5.97. The van der Waals surface area contributed by atoms with Crippen molar-refractivity contribution in [1.82, 2.24) is 0 Å². The fourth-order valence-corrected chi connectivity index (χ4v) is 7.93. The first-order chi connectivity index (χ1) is 29.7. The second kappa shape index (κ2) is 49.5. The number of carbonyl (C=O) groups is 1. The normalized spacial score (nSPS) is 13.5. The molecule has 0 spiro atoms. The van der Waals surface area contributed by atoms with Crippen molar-refractivity contribution in [3.8, 4) is 0 Å². The second-order valence-corrected chi connectivity index (χ2v) is 17.9. The van der Waals surface area contributed by atoms with Crippen molar-refractivity contribution in [1.29, 1.82) is 0 Å². The minimum absolute atomic E-state index is 0.0159. The number of ether oxygens (including phenoxy) is 1. The van der Waals surface area contributed by atoms with Crippen molar-refractivity contribution in [3.63, 3.8) is 0 Å². The van der Waals surface area contributed by atoms with E-state index < -0.39 is 5.41 Å². The van der Waals surface area contributed by atoms with Crippen LogP contribution in [0.3, 0.4) is 0 Å². The number of allylic oxidation sites excluding steroid dienone is 12. The quantitative estimate of drug-likeness (QED) is 0.0377. The zero-order chi connectivity index (χ0) is 43.6. The molecule has 60 heavy (non-hydrogen) atoms. The maximum Gasteiger partial charge on any atom is 0.313 e. The van der Waals surface area contributed by atoms with E-state index in [1.807, 2.05) is 0 Å². The standard InChI is InChI=1S/C57H103NO2/c1-4-7-10-13-16-19-22-25-28-31-34-37-40-43-46-49-52-57(55-58,53-50-47-44-41-38-35-32-29-26-23-20-17-14-11-8-5-2)56(59)60-54-51-48-45-42-39-36-33-30-27-24-21-18-15-12-9-6-3/h16-21,25-30H,4-15,22-24,31-55,58H2,1-3H3/b19-16-,20-17+,21-18-,28-25-,29-26+,30-27-. The molecule has 348 valence electrons. The SMILES string of the molecule is CCCCC/C=C\C/C=C\CCCCCCCCOC(=O)C(CN)(CCCCCCCC/C=C\C/C=C\CCCCC)CCCCCCCC/C=C/C/C=C/CCCCC. The number of unbranched alkanes of at least 4 members (excludes halogenated alkanes) is 27. The number of hydrogen-bond donors (Lipinski definition) is 1. The van der Waals surface area contributed by atoms with Gasteiger partial charge in [0, 0.05) is 6.54 Å². The van der Waals surface area contributed by atoms with Gasteiger partial charge in [-0.25, -0.2) is 0 Å². The Morgan fingerprint density at radius 1 is 0.367 bits per heavy atom. The molecule has 0 aromatic heterocycles. The van der Waals surface area contributed by atoms with E-state index in [1.165, 1.54) is 186 Å². The number of rotatable bonds is 47. The highest BCUT2D eigenvalue weighted by Gasteiger charge is 2.37. The van der Waals surface area contributed by atoms with Crippen LogP contribution in [0.25, 0.3) is 0 Å². The van der Waals surface area contributed by atoms with E-state index in [0.717, 1.165) is 57.8 Å². The zero-order valence-corrected chi connectivity index (χ0v) is 40.6. The minimum Gasteiger partial charge on any atom is -0.465 e. The van der Waals surface area contributed by atoms with Gasteiger partial charge in [0.15, 0.2) is 0 Å². The molecule has 0 aliphatic rings. The van der Waals surface area contributed by atoms with Gasteiger partial charge in [-0.15, -0.1) is 0 Å². The van der Waals surface area contributed by atoms with Crippen LogP contribution in [0.4, 0.5) is 0 Å². The number of esters is 1. The Labute approximate surface area is 376 Å². The van der Waals surface area contributed by atoms with Crippen LogP contribution < -0.4 is 5.73 Å².